The number of aromatic nitrogens is 1. The van der Waals surface area contributed by atoms with Crippen LogP contribution in [0.4, 0.5) is 0 Å². The predicted molar refractivity (Wildman–Crippen MR) is 73.8 cm³/mol. The number of nitrogens with one attached hydrogen (secondary N) is 1. The molecule has 1 aromatic rings. The van der Waals surface area contributed by atoms with E-state index in [0.717, 1.165) is 24.5 Å². The van der Waals surface area contributed by atoms with Crippen LogP contribution in [-0.4, -0.2) is 34.6 Å². The first-order chi connectivity index (χ1) is 9.61. The fraction of sp³-hybridized carbons (Fsp3) is 0.615. The average molecular weight is 298 g/mol. The van der Waals surface area contributed by atoms with Crippen molar-refractivity contribution in [3.05, 3.63) is 16.1 Å². The molecule has 1 saturated heterocycles. The van der Waals surface area contributed by atoms with Gasteiger partial charge in [0, 0.05) is 6.61 Å². The SMILES string of the molecule is CCCC(NC(=O)c1cnc(C2CCCO2)s1)C(=O)O. The maximum atomic E-state index is 12.0. The van der Waals surface area contributed by atoms with Gasteiger partial charge in [-0.25, -0.2) is 9.78 Å². The summed E-state index contributed by atoms with van der Waals surface area (Å²) in [6, 6.07) is -0.846. The zero-order valence-corrected chi connectivity index (χ0v) is 12.1. The molecule has 1 aromatic heterocycles. The number of thiazole rings is 1. The largest absolute Gasteiger partial charge is 0.480 e. The minimum atomic E-state index is -1.01. The molecule has 20 heavy (non-hydrogen) atoms. The van der Waals surface area contributed by atoms with E-state index in [0.29, 0.717) is 17.7 Å². The second-order valence-electron chi connectivity index (χ2n) is 4.72. The number of nitrogens with zero attached hydrogens (tertiary/aromatic N) is 1. The lowest BCUT2D eigenvalue weighted by Gasteiger charge is -2.12. The summed E-state index contributed by atoms with van der Waals surface area (Å²) in [5.41, 5.74) is 0. The third-order valence-electron chi connectivity index (χ3n) is 3.13. The number of carboxylic acid groups (broad SMARTS) is 1. The van der Waals surface area contributed by atoms with E-state index in [1.54, 1.807) is 0 Å². The van der Waals surface area contributed by atoms with E-state index in [4.69, 9.17) is 9.84 Å². The summed E-state index contributed by atoms with van der Waals surface area (Å²) in [5, 5.41) is 12.3. The zero-order chi connectivity index (χ0) is 14.5. The summed E-state index contributed by atoms with van der Waals surface area (Å²) in [6.45, 7) is 2.60. The standard InChI is InChI=1S/C13H18N2O4S/c1-2-4-8(13(17)18)15-11(16)10-7-14-12(20-10)9-5-3-6-19-9/h7-9H,2-6H2,1H3,(H,15,16)(H,17,18). The fourth-order valence-electron chi connectivity index (χ4n) is 2.09. The fourth-order valence-corrected chi connectivity index (χ4v) is 2.99. The van der Waals surface area contributed by atoms with E-state index in [2.05, 4.69) is 10.3 Å². The number of hydrogen-bond acceptors (Lipinski definition) is 5. The molecule has 2 N–H and O–H groups in total. The van der Waals surface area contributed by atoms with Crippen LogP contribution in [0.5, 0.6) is 0 Å². The Balaban J connectivity index is 1.99. The molecule has 1 fully saturated rings. The van der Waals surface area contributed by atoms with E-state index < -0.39 is 12.0 Å². The van der Waals surface area contributed by atoms with Gasteiger partial charge in [-0.3, -0.25) is 4.79 Å². The van der Waals surface area contributed by atoms with Crippen molar-refractivity contribution in [3.8, 4) is 0 Å². The molecule has 1 aliphatic rings. The smallest absolute Gasteiger partial charge is 0.326 e. The molecule has 2 atom stereocenters. The third-order valence-corrected chi connectivity index (χ3v) is 4.22. The van der Waals surface area contributed by atoms with Crippen molar-refractivity contribution < 1.29 is 19.4 Å². The quantitative estimate of drug-likeness (QED) is 0.838. The molecule has 2 rings (SSSR count). The summed E-state index contributed by atoms with van der Waals surface area (Å²) >= 11 is 1.27. The van der Waals surface area contributed by atoms with Crippen LogP contribution < -0.4 is 5.32 Å². The number of carbonyl (C=O) groups is 2. The van der Waals surface area contributed by atoms with Crippen molar-refractivity contribution in [1.82, 2.24) is 10.3 Å². The van der Waals surface area contributed by atoms with Crippen LogP contribution >= 0.6 is 11.3 Å². The molecule has 0 bridgehead atoms. The molecule has 6 nitrogen and oxygen atoms in total. The van der Waals surface area contributed by atoms with Crippen LogP contribution in [0.15, 0.2) is 6.20 Å². The summed E-state index contributed by atoms with van der Waals surface area (Å²) < 4.78 is 5.51. The van der Waals surface area contributed by atoms with Gasteiger partial charge in [-0.15, -0.1) is 11.3 Å². The highest BCUT2D eigenvalue weighted by molar-refractivity contribution is 7.13. The summed E-state index contributed by atoms with van der Waals surface area (Å²) in [5.74, 6) is -1.39. The number of rotatable bonds is 6. The van der Waals surface area contributed by atoms with Crippen LogP contribution in [0.2, 0.25) is 0 Å². The van der Waals surface area contributed by atoms with Crippen LogP contribution in [-0.2, 0) is 9.53 Å². The lowest BCUT2D eigenvalue weighted by atomic mass is 10.1. The van der Waals surface area contributed by atoms with Gasteiger partial charge in [-0.1, -0.05) is 13.3 Å². The molecule has 1 aliphatic heterocycles. The minimum Gasteiger partial charge on any atom is -0.480 e. The van der Waals surface area contributed by atoms with Crippen molar-refractivity contribution in [2.45, 2.75) is 44.8 Å². The van der Waals surface area contributed by atoms with Gasteiger partial charge in [0.2, 0.25) is 0 Å². The first-order valence-corrected chi connectivity index (χ1v) is 7.54. The molecule has 0 saturated carbocycles. The van der Waals surface area contributed by atoms with Gasteiger partial charge in [-0.2, -0.15) is 0 Å². The van der Waals surface area contributed by atoms with Gasteiger partial charge >= 0.3 is 5.97 Å². The first-order valence-electron chi connectivity index (χ1n) is 6.72. The maximum Gasteiger partial charge on any atom is 0.326 e. The Morgan fingerprint density at radius 2 is 2.45 bits per heavy atom. The number of carboxylic acids is 1. The van der Waals surface area contributed by atoms with Gasteiger partial charge in [-0.05, 0) is 19.3 Å². The lowest BCUT2D eigenvalue weighted by Crippen LogP contribution is -2.40. The molecule has 2 heterocycles. The molecular weight excluding hydrogens is 280 g/mol. The van der Waals surface area contributed by atoms with Gasteiger partial charge in [0.1, 0.15) is 22.0 Å². The Morgan fingerprint density at radius 3 is 3.05 bits per heavy atom. The van der Waals surface area contributed by atoms with Crippen molar-refractivity contribution in [2.24, 2.45) is 0 Å². The Labute approximate surface area is 121 Å². The van der Waals surface area contributed by atoms with Crippen molar-refractivity contribution >= 4 is 23.2 Å². The van der Waals surface area contributed by atoms with Crippen LogP contribution in [0.25, 0.3) is 0 Å². The predicted octanol–water partition coefficient (Wildman–Crippen LogP) is 1.98. The second kappa shape index (κ2) is 6.81. The van der Waals surface area contributed by atoms with Gasteiger partial charge in [0.25, 0.3) is 5.91 Å². The van der Waals surface area contributed by atoms with Crippen molar-refractivity contribution in [3.63, 3.8) is 0 Å². The van der Waals surface area contributed by atoms with Gasteiger partial charge in [0.05, 0.1) is 6.20 Å². The van der Waals surface area contributed by atoms with Crippen molar-refractivity contribution in [1.29, 1.82) is 0 Å². The number of ether oxygens (including phenoxy) is 1. The third kappa shape index (κ3) is 3.55. The Hall–Kier alpha value is -1.47. The first kappa shape index (κ1) is 14.9. The van der Waals surface area contributed by atoms with Crippen molar-refractivity contribution in [2.75, 3.05) is 6.61 Å². The van der Waals surface area contributed by atoms with E-state index >= 15 is 0 Å². The van der Waals surface area contributed by atoms with Gasteiger partial charge in [0.15, 0.2) is 0 Å². The molecule has 0 aliphatic carbocycles. The molecule has 7 heteroatoms. The Bertz CT molecular complexity index is 482. The normalized spacial score (nSPS) is 19.8. The molecule has 0 radical (unpaired) electrons. The van der Waals surface area contributed by atoms with Crippen LogP contribution in [0.3, 0.4) is 0 Å². The highest BCUT2D eigenvalue weighted by Gasteiger charge is 2.24. The summed E-state index contributed by atoms with van der Waals surface area (Å²) in [7, 11) is 0. The van der Waals surface area contributed by atoms with Crippen LogP contribution in [0.1, 0.15) is 53.4 Å². The molecule has 2 unspecified atom stereocenters. The van der Waals surface area contributed by atoms with E-state index in [1.807, 2.05) is 6.92 Å². The number of carbonyl (C=O) groups excluding carboxylic acids is 1. The summed E-state index contributed by atoms with van der Waals surface area (Å²) in [4.78, 5) is 27.7. The Morgan fingerprint density at radius 1 is 1.65 bits per heavy atom. The second-order valence-corrected chi connectivity index (χ2v) is 5.78. The molecule has 1 amide bonds. The maximum absolute atomic E-state index is 12.0. The summed E-state index contributed by atoms with van der Waals surface area (Å²) in [6.07, 6.45) is 4.50. The molecule has 0 aromatic carbocycles. The highest BCUT2D eigenvalue weighted by Crippen LogP contribution is 2.31. The van der Waals surface area contributed by atoms with E-state index in [1.165, 1.54) is 17.5 Å². The Kier molecular flexibility index (Phi) is 5.08. The van der Waals surface area contributed by atoms with E-state index in [-0.39, 0.29) is 12.0 Å². The van der Waals surface area contributed by atoms with Crippen LogP contribution in [0, 0.1) is 0 Å². The lowest BCUT2D eigenvalue weighted by molar-refractivity contribution is -0.139. The number of amides is 1. The molecular formula is C13H18N2O4S. The van der Waals surface area contributed by atoms with Gasteiger partial charge < -0.3 is 15.2 Å². The number of hydrogen-bond donors (Lipinski definition) is 2. The average Bonchev–Trinajstić information content (AvgIpc) is 3.08. The number of aliphatic carboxylic acids is 1. The highest BCUT2D eigenvalue weighted by atomic mass is 32.1. The molecule has 110 valence electrons. The molecule has 0 spiro atoms. The van der Waals surface area contributed by atoms with E-state index in [9.17, 15) is 9.59 Å². The zero-order valence-electron chi connectivity index (χ0n) is 11.3. The monoisotopic (exact) mass is 298 g/mol. The minimum absolute atomic E-state index is 0.0209. The topological polar surface area (TPSA) is 88.5 Å².